The van der Waals surface area contributed by atoms with E-state index in [0.717, 1.165) is 116 Å². The Balaban J connectivity index is 4.25. The summed E-state index contributed by atoms with van der Waals surface area (Å²) < 4.78 is 16.9. The van der Waals surface area contributed by atoms with Crippen LogP contribution in [0.15, 0.2) is 97.2 Å². The molecular formula is C71H122O6. The molecule has 0 radical (unpaired) electrons. The van der Waals surface area contributed by atoms with Gasteiger partial charge in [0, 0.05) is 19.3 Å². The van der Waals surface area contributed by atoms with Crippen molar-refractivity contribution in [1.29, 1.82) is 0 Å². The Labute approximate surface area is 477 Å². The summed E-state index contributed by atoms with van der Waals surface area (Å²) in [6, 6.07) is 0. The van der Waals surface area contributed by atoms with Gasteiger partial charge < -0.3 is 14.2 Å². The van der Waals surface area contributed by atoms with E-state index in [1.165, 1.54) is 161 Å². The SMILES string of the molecule is CC/C=C\C/C=C\C/C=C\C/C=C\CCCCCCCCCCCCCCCCC(=O)OCC(COC(=O)CCCCCCCCCCCCC)OC(=O)CCCCCCCCCC/C=C\C/C=C\C/C=C\C/C=C\CC. The van der Waals surface area contributed by atoms with Gasteiger partial charge in [0.2, 0.25) is 0 Å². The summed E-state index contributed by atoms with van der Waals surface area (Å²) in [6.07, 6.45) is 87.1. The molecule has 6 nitrogen and oxygen atoms in total. The third-order valence-electron chi connectivity index (χ3n) is 14.1. The third kappa shape index (κ3) is 63.0. The monoisotopic (exact) mass is 1070 g/mol. The average Bonchev–Trinajstić information content (AvgIpc) is 3.43. The second-order valence-electron chi connectivity index (χ2n) is 21.6. The van der Waals surface area contributed by atoms with E-state index < -0.39 is 6.10 Å². The van der Waals surface area contributed by atoms with E-state index in [-0.39, 0.29) is 31.1 Å². The Morgan fingerprint density at radius 1 is 0.273 bits per heavy atom. The number of hydrogen-bond acceptors (Lipinski definition) is 6. The predicted octanol–water partition coefficient (Wildman–Crippen LogP) is 22.4. The van der Waals surface area contributed by atoms with Crippen molar-refractivity contribution in [2.45, 2.75) is 322 Å². The molecule has 0 heterocycles. The van der Waals surface area contributed by atoms with Crippen LogP contribution in [0.4, 0.5) is 0 Å². The minimum atomic E-state index is -0.781. The molecule has 442 valence electrons. The summed E-state index contributed by atoms with van der Waals surface area (Å²) in [4.78, 5) is 38.3. The number of rotatable bonds is 59. The van der Waals surface area contributed by atoms with Crippen molar-refractivity contribution in [3.8, 4) is 0 Å². The Hall–Kier alpha value is -3.67. The molecule has 0 spiro atoms. The van der Waals surface area contributed by atoms with Crippen molar-refractivity contribution >= 4 is 17.9 Å². The van der Waals surface area contributed by atoms with Crippen LogP contribution in [0.5, 0.6) is 0 Å². The number of ether oxygens (including phenoxy) is 3. The zero-order valence-electron chi connectivity index (χ0n) is 50.7. The predicted molar refractivity (Wildman–Crippen MR) is 334 cm³/mol. The molecule has 0 rings (SSSR count). The molecular weight excluding hydrogens is 949 g/mol. The van der Waals surface area contributed by atoms with Crippen molar-refractivity contribution < 1.29 is 28.6 Å². The highest BCUT2D eigenvalue weighted by atomic mass is 16.6. The molecule has 0 aliphatic rings. The fourth-order valence-electron chi connectivity index (χ4n) is 9.25. The maximum absolute atomic E-state index is 12.9. The van der Waals surface area contributed by atoms with E-state index >= 15 is 0 Å². The molecule has 0 aliphatic carbocycles. The van der Waals surface area contributed by atoms with Crippen molar-refractivity contribution in [2.24, 2.45) is 0 Å². The molecule has 1 unspecified atom stereocenters. The molecule has 0 fully saturated rings. The minimum Gasteiger partial charge on any atom is -0.462 e. The normalized spacial score (nSPS) is 12.7. The number of carbonyl (C=O) groups is 3. The van der Waals surface area contributed by atoms with Gasteiger partial charge in [-0.05, 0) is 96.3 Å². The maximum Gasteiger partial charge on any atom is 0.306 e. The van der Waals surface area contributed by atoms with Crippen molar-refractivity contribution in [1.82, 2.24) is 0 Å². The van der Waals surface area contributed by atoms with Gasteiger partial charge in [0.15, 0.2) is 6.10 Å². The van der Waals surface area contributed by atoms with Crippen LogP contribution in [0.3, 0.4) is 0 Å². The highest BCUT2D eigenvalue weighted by molar-refractivity contribution is 5.71. The van der Waals surface area contributed by atoms with E-state index in [9.17, 15) is 14.4 Å². The van der Waals surface area contributed by atoms with Gasteiger partial charge in [0.25, 0.3) is 0 Å². The molecule has 0 N–H and O–H groups in total. The third-order valence-corrected chi connectivity index (χ3v) is 14.1. The van der Waals surface area contributed by atoms with Crippen molar-refractivity contribution in [3.05, 3.63) is 97.2 Å². The molecule has 0 aliphatic heterocycles. The molecule has 0 amide bonds. The van der Waals surface area contributed by atoms with Gasteiger partial charge in [-0.15, -0.1) is 0 Å². The molecule has 6 heteroatoms. The Morgan fingerprint density at radius 2 is 0.506 bits per heavy atom. The minimum absolute atomic E-state index is 0.0775. The van der Waals surface area contributed by atoms with E-state index in [1.807, 2.05) is 0 Å². The average molecular weight is 1070 g/mol. The van der Waals surface area contributed by atoms with Crippen LogP contribution in [-0.2, 0) is 28.6 Å². The first-order valence-corrected chi connectivity index (χ1v) is 32.7. The second-order valence-corrected chi connectivity index (χ2v) is 21.6. The molecule has 0 saturated carbocycles. The summed E-state index contributed by atoms with van der Waals surface area (Å²) in [7, 11) is 0. The summed E-state index contributed by atoms with van der Waals surface area (Å²) >= 11 is 0. The van der Waals surface area contributed by atoms with Gasteiger partial charge in [-0.2, -0.15) is 0 Å². The smallest absolute Gasteiger partial charge is 0.306 e. The molecule has 0 saturated heterocycles. The Bertz CT molecular complexity index is 1510. The second kappa shape index (κ2) is 64.9. The van der Waals surface area contributed by atoms with Crippen LogP contribution in [0.1, 0.15) is 316 Å². The fraction of sp³-hybridized carbons (Fsp3) is 0.732. The van der Waals surface area contributed by atoms with Crippen molar-refractivity contribution in [3.63, 3.8) is 0 Å². The maximum atomic E-state index is 12.9. The van der Waals surface area contributed by atoms with E-state index in [4.69, 9.17) is 14.2 Å². The topological polar surface area (TPSA) is 78.9 Å². The summed E-state index contributed by atoms with van der Waals surface area (Å²) in [6.45, 7) is 6.43. The van der Waals surface area contributed by atoms with Crippen LogP contribution < -0.4 is 0 Å². The summed E-state index contributed by atoms with van der Waals surface area (Å²) in [5.41, 5.74) is 0. The molecule has 0 aromatic carbocycles. The lowest BCUT2D eigenvalue weighted by Gasteiger charge is -2.18. The standard InChI is InChI=1S/C71H122O6/c1-4-7-10-13-16-19-22-24-26-28-30-32-33-34-35-36-37-39-40-42-44-46-49-52-55-58-61-64-70(73)76-67-68(66-75-69(72)63-60-57-54-51-48-21-18-15-12-9-6-3)77-71(74)65-62-59-56-53-50-47-45-43-41-38-31-29-27-25-23-20-17-14-11-8-5-2/h7-8,10-11,16-17,19-20,24-27,30-32,38,68H,4-6,9,12-15,18,21-23,28-29,33-37,39-67H2,1-3H3/b10-7-,11-8-,19-16-,20-17-,26-24-,27-25-,32-30-,38-31-. The molecule has 0 bridgehead atoms. The molecule has 0 aromatic heterocycles. The quantitative estimate of drug-likeness (QED) is 0.0261. The van der Waals surface area contributed by atoms with Gasteiger partial charge in [-0.25, -0.2) is 0 Å². The number of hydrogen-bond donors (Lipinski definition) is 0. The van der Waals surface area contributed by atoms with E-state index in [0.29, 0.717) is 19.3 Å². The van der Waals surface area contributed by atoms with E-state index in [1.54, 1.807) is 0 Å². The van der Waals surface area contributed by atoms with Gasteiger partial charge in [0.05, 0.1) is 0 Å². The lowest BCUT2D eigenvalue weighted by atomic mass is 10.0. The zero-order valence-corrected chi connectivity index (χ0v) is 50.7. The first kappa shape index (κ1) is 73.3. The van der Waals surface area contributed by atoms with Gasteiger partial charge in [0.1, 0.15) is 13.2 Å². The molecule has 0 aromatic rings. The first-order valence-electron chi connectivity index (χ1n) is 32.7. The number of allylic oxidation sites excluding steroid dienone is 16. The highest BCUT2D eigenvalue weighted by Crippen LogP contribution is 2.17. The number of esters is 3. The lowest BCUT2D eigenvalue weighted by Crippen LogP contribution is -2.30. The lowest BCUT2D eigenvalue weighted by molar-refractivity contribution is -0.167. The van der Waals surface area contributed by atoms with Crippen molar-refractivity contribution in [2.75, 3.05) is 13.2 Å². The summed E-state index contributed by atoms with van der Waals surface area (Å²) in [5, 5.41) is 0. The van der Waals surface area contributed by atoms with Crippen LogP contribution in [0.25, 0.3) is 0 Å². The first-order chi connectivity index (χ1) is 38.0. The Kier molecular flexibility index (Phi) is 61.8. The Morgan fingerprint density at radius 3 is 0.792 bits per heavy atom. The van der Waals surface area contributed by atoms with Gasteiger partial charge >= 0.3 is 17.9 Å². The van der Waals surface area contributed by atoms with Crippen LogP contribution in [0, 0.1) is 0 Å². The van der Waals surface area contributed by atoms with E-state index in [2.05, 4.69) is 118 Å². The molecule has 77 heavy (non-hydrogen) atoms. The highest BCUT2D eigenvalue weighted by Gasteiger charge is 2.19. The molecule has 1 atom stereocenters. The van der Waals surface area contributed by atoms with Crippen LogP contribution in [0.2, 0.25) is 0 Å². The van der Waals surface area contributed by atoms with Gasteiger partial charge in [-0.3, -0.25) is 14.4 Å². The van der Waals surface area contributed by atoms with Crippen LogP contribution in [-0.4, -0.2) is 37.2 Å². The van der Waals surface area contributed by atoms with Gasteiger partial charge in [-0.1, -0.05) is 298 Å². The summed E-state index contributed by atoms with van der Waals surface area (Å²) in [5.74, 6) is -0.875. The van der Waals surface area contributed by atoms with Crippen LogP contribution >= 0.6 is 0 Å². The zero-order chi connectivity index (χ0) is 55.7. The largest absolute Gasteiger partial charge is 0.462 e. The number of carbonyl (C=O) groups excluding carboxylic acids is 3. The number of unbranched alkanes of at least 4 members (excludes halogenated alkanes) is 32. The fourth-order valence-corrected chi connectivity index (χ4v) is 9.25.